The number of nitrogens with one attached hydrogen (secondary N) is 1. The maximum atomic E-state index is 13.2. The molecule has 11 heteroatoms. The third kappa shape index (κ3) is 5.35. The second-order valence-corrected chi connectivity index (χ2v) is 8.82. The van der Waals surface area contributed by atoms with Gasteiger partial charge in [0.15, 0.2) is 6.29 Å². The molecule has 36 heavy (non-hydrogen) atoms. The Labute approximate surface area is 208 Å². The van der Waals surface area contributed by atoms with Crippen molar-refractivity contribution >= 4 is 29.9 Å². The van der Waals surface area contributed by atoms with Gasteiger partial charge in [-0.25, -0.2) is 14.8 Å². The Morgan fingerprint density at radius 3 is 2.89 bits per heavy atom. The summed E-state index contributed by atoms with van der Waals surface area (Å²) in [7, 11) is 1.61. The van der Waals surface area contributed by atoms with Crippen molar-refractivity contribution in [3.05, 3.63) is 46.3 Å². The number of carbonyl (C=O) groups excluding carboxylic acids is 3. The quantitative estimate of drug-likeness (QED) is 0.419. The summed E-state index contributed by atoms with van der Waals surface area (Å²) in [6.45, 7) is 1.56. The molecule has 0 spiro atoms. The fourth-order valence-corrected chi connectivity index (χ4v) is 4.53. The van der Waals surface area contributed by atoms with E-state index in [1.807, 2.05) is 6.07 Å². The molecular formula is C25H28N6O5. The van der Waals surface area contributed by atoms with E-state index in [1.54, 1.807) is 13.2 Å². The minimum absolute atomic E-state index is 0.152. The molecule has 0 radical (unpaired) electrons. The number of rotatable bonds is 8. The van der Waals surface area contributed by atoms with Crippen molar-refractivity contribution in [3.8, 4) is 6.07 Å². The summed E-state index contributed by atoms with van der Waals surface area (Å²) in [6, 6.07) is 5.18. The molecule has 188 valence electrons. The van der Waals surface area contributed by atoms with Crippen molar-refractivity contribution in [2.75, 3.05) is 37.0 Å². The number of anilines is 2. The van der Waals surface area contributed by atoms with E-state index in [9.17, 15) is 24.8 Å². The molecule has 2 aromatic rings. The zero-order valence-corrected chi connectivity index (χ0v) is 20.1. The highest BCUT2D eigenvalue weighted by Gasteiger charge is 2.31. The highest BCUT2D eigenvalue weighted by molar-refractivity contribution is 6.01. The van der Waals surface area contributed by atoms with Crippen LogP contribution in [-0.4, -0.2) is 71.1 Å². The largest absolute Gasteiger partial charge is 0.385 e. The number of aldehydes is 1. The highest BCUT2D eigenvalue weighted by Crippen LogP contribution is 2.29. The number of likely N-dealkylation sites (tertiary alicyclic amines) is 1. The van der Waals surface area contributed by atoms with E-state index in [0.717, 1.165) is 17.5 Å². The molecular weight excluding hydrogens is 464 g/mol. The molecule has 2 aliphatic heterocycles. The van der Waals surface area contributed by atoms with Gasteiger partial charge in [-0.1, -0.05) is 0 Å². The van der Waals surface area contributed by atoms with Gasteiger partial charge in [0.05, 0.1) is 5.56 Å². The number of nitrogens with zero attached hydrogens (tertiary/aromatic N) is 5. The van der Waals surface area contributed by atoms with Crippen molar-refractivity contribution < 1.29 is 24.2 Å². The maximum absolute atomic E-state index is 13.2. The number of methoxy groups -OCH3 is 1. The van der Waals surface area contributed by atoms with Crippen LogP contribution in [0.25, 0.3) is 0 Å². The average molecular weight is 493 g/mol. The molecule has 0 bridgehead atoms. The van der Waals surface area contributed by atoms with Crippen molar-refractivity contribution in [1.29, 1.82) is 5.26 Å². The molecule has 11 nitrogen and oxygen atoms in total. The lowest BCUT2D eigenvalue weighted by atomic mass is 10.0. The Kier molecular flexibility index (Phi) is 7.87. The lowest BCUT2D eigenvalue weighted by molar-refractivity contribution is -0.134. The number of ether oxygens (including phenoxy) is 1. The van der Waals surface area contributed by atoms with Gasteiger partial charge >= 0.3 is 6.03 Å². The van der Waals surface area contributed by atoms with Gasteiger partial charge in [-0.3, -0.25) is 19.8 Å². The number of amides is 3. The highest BCUT2D eigenvalue weighted by atomic mass is 16.5. The number of aryl methyl sites for hydroxylation is 2. The summed E-state index contributed by atoms with van der Waals surface area (Å²) in [5.41, 5.74) is 2.76. The van der Waals surface area contributed by atoms with E-state index < -0.39 is 12.1 Å². The number of aromatic nitrogens is 2. The second kappa shape index (κ2) is 11.2. The van der Waals surface area contributed by atoms with Crippen LogP contribution in [0.5, 0.6) is 0 Å². The molecule has 4 heterocycles. The minimum atomic E-state index is -1.01. The van der Waals surface area contributed by atoms with Crippen LogP contribution in [-0.2, 0) is 28.9 Å². The average Bonchev–Trinajstić information content (AvgIpc) is 3.20. The van der Waals surface area contributed by atoms with Gasteiger partial charge in [0.1, 0.15) is 29.5 Å². The zero-order chi connectivity index (χ0) is 25.7. The zero-order valence-electron chi connectivity index (χ0n) is 20.1. The van der Waals surface area contributed by atoms with Crippen LogP contribution in [0.3, 0.4) is 0 Å². The maximum Gasteiger partial charge on any atom is 0.328 e. The molecule has 1 atom stereocenters. The first-order chi connectivity index (χ1) is 17.4. The van der Waals surface area contributed by atoms with Crippen LogP contribution < -0.4 is 10.2 Å². The van der Waals surface area contributed by atoms with Crippen molar-refractivity contribution in [3.63, 3.8) is 0 Å². The number of hydrogen-bond donors (Lipinski definition) is 2. The third-order valence-corrected chi connectivity index (χ3v) is 6.40. The standard InChI is InChI=1S/C25H28N6O5/c1-36-9-3-5-16-11-22(27-13-19(16)12-26)29-25(35)31-7-2-4-17-10-18(20(15-32)28-23(17)31)14-30-8-6-21(33)24(30)34/h10-11,13,15,21,33H,2-9,14H2,1H3,(H,27,29,35)/t21-/m0/s1. The minimum Gasteiger partial charge on any atom is -0.385 e. The van der Waals surface area contributed by atoms with Crippen molar-refractivity contribution in [2.45, 2.75) is 44.8 Å². The van der Waals surface area contributed by atoms with Crippen LogP contribution in [0.15, 0.2) is 18.3 Å². The summed E-state index contributed by atoms with van der Waals surface area (Å²) in [4.78, 5) is 48.8. The first-order valence-electron chi connectivity index (χ1n) is 11.9. The summed E-state index contributed by atoms with van der Waals surface area (Å²) in [6.07, 6.45) is 4.12. The van der Waals surface area contributed by atoms with Gasteiger partial charge in [0.25, 0.3) is 5.91 Å². The van der Waals surface area contributed by atoms with Crippen LogP contribution in [0, 0.1) is 11.3 Å². The first kappa shape index (κ1) is 25.2. The Hall–Kier alpha value is -3.88. The normalized spacial score (nSPS) is 17.0. The number of aliphatic hydroxyl groups excluding tert-OH is 1. The molecule has 2 N–H and O–H groups in total. The monoisotopic (exact) mass is 492 g/mol. The number of fused-ring (bicyclic) bond motifs is 1. The first-order valence-corrected chi connectivity index (χ1v) is 11.9. The number of urea groups is 1. The number of nitriles is 1. The molecule has 1 fully saturated rings. The third-order valence-electron chi connectivity index (χ3n) is 6.40. The van der Waals surface area contributed by atoms with Crippen molar-refractivity contribution in [2.24, 2.45) is 0 Å². The van der Waals surface area contributed by atoms with E-state index in [0.29, 0.717) is 74.4 Å². The van der Waals surface area contributed by atoms with E-state index in [-0.39, 0.29) is 18.1 Å². The van der Waals surface area contributed by atoms with Gasteiger partial charge in [-0.05, 0) is 55.4 Å². The lowest BCUT2D eigenvalue weighted by Crippen LogP contribution is -2.40. The van der Waals surface area contributed by atoms with Gasteiger partial charge in [0.2, 0.25) is 0 Å². The predicted octanol–water partition coefficient (Wildman–Crippen LogP) is 1.82. The van der Waals surface area contributed by atoms with Gasteiger partial charge in [0, 0.05) is 45.1 Å². The van der Waals surface area contributed by atoms with Crippen LogP contribution >= 0.6 is 0 Å². The fraction of sp³-hybridized carbons (Fsp3) is 0.440. The second-order valence-electron chi connectivity index (χ2n) is 8.82. The molecule has 0 unspecified atom stereocenters. The Bertz CT molecular complexity index is 1210. The van der Waals surface area contributed by atoms with Gasteiger partial charge in [-0.2, -0.15) is 5.26 Å². The number of pyridine rings is 2. The van der Waals surface area contributed by atoms with E-state index in [2.05, 4.69) is 21.4 Å². The van der Waals surface area contributed by atoms with E-state index >= 15 is 0 Å². The number of carbonyl (C=O) groups is 3. The summed E-state index contributed by atoms with van der Waals surface area (Å²) in [5.74, 6) is 0.352. The molecule has 3 amide bonds. The molecule has 0 aliphatic carbocycles. The molecule has 0 aromatic carbocycles. The Morgan fingerprint density at radius 2 is 2.19 bits per heavy atom. The smallest absolute Gasteiger partial charge is 0.328 e. The van der Waals surface area contributed by atoms with E-state index in [1.165, 1.54) is 16.0 Å². The molecule has 2 aromatic heterocycles. The number of hydrogen-bond acceptors (Lipinski definition) is 8. The molecule has 0 saturated carbocycles. The fourth-order valence-electron chi connectivity index (χ4n) is 4.53. The van der Waals surface area contributed by atoms with Crippen molar-refractivity contribution in [1.82, 2.24) is 14.9 Å². The van der Waals surface area contributed by atoms with Crippen LogP contribution in [0.4, 0.5) is 16.4 Å². The molecule has 4 rings (SSSR count). The summed E-state index contributed by atoms with van der Waals surface area (Å²) < 4.78 is 5.08. The summed E-state index contributed by atoms with van der Waals surface area (Å²) in [5, 5.41) is 21.9. The van der Waals surface area contributed by atoms with Crippen LogP contribution in [0.1, 0.15) is 52.0 Å². The van der Waals surface area contributed by atoms with Gasteiger partial charge in [-0.15, -0.1) is 0 Å². The number of aliphatic hydroxyl groups is 1. The predicted molar refractivity (Wildman–Crippen MR) is 130 cm³/mol. The molecule has 1 saturated heterocycles. The lowest BCUT2D eigenvalue weighted by Gasteiger charge is -2.29. The summed E-state index contributed by atoms with van der Waals surface area (Å²) >= 11 is 0. The Morgan fingerprint density at radius 1 is 1.36 bits per heavy atom. The van der Waals surface area contributed by atoms with Crippen LogP contribution in [0.2, 0.25) is 0 Å². The molecule has 2 aliphatic rings. The van der Waals surface area contributed by atoms with E-state index in [4.69, 9.17) is 4.74 Å². The van der Waals surface area contributed by atoms with Gasteiger partial charge < -0.3 is 14.7 Å². The topological polar surface area (TPSA) is 149 Å². The SMILES string of the molecule is COCCCc1cc(NC(=O)N2CCCc3cc(CN4CC[C@H](O)C4=O)c(C=O)nc32)ncc1C#N. The Balaban J connectivity index is 1.54.